The van der Waals surface area contributed by atoms with E-state index < -0.39 is 5.97 Å². The van der Waals surface area contributed by atoms with Crippen LogP contribution in [0.4, 0.5) is 4.39 Å². The molecule has 0 bridgehead atoms. The van der Waals surface area contributed by atoms with Crippen molar-refractivity contribution in [3.05, 3.63) is 94.3 Å². The number of ether oxygens (including phenoxy) is 1. The highest BCUT2D eigenvalue weighted by Gasteiger charge is 2.26. The number of benzene rings is 2. The summed E-state index contributed by atoms with van der Waals surface area (Å²) in [6.07, 6.45) is 5.04. The maximum Gasteiger partial charge on any atom is 0.335 e. The van der Waals surface area contributed by atoms with Gasteiger partial charge in [-0.05, 0) is 80.9 Å². The number of hydrogen-bond acceptors (Lipinski definition) is 5. The second-order valence-electron chi connectivity index (χ2n) is 11.3. The maximum absolute atomic E-state index is 14.5. The lowest BCUT2D eigenvalue weighted by atomic mass is 9.93. The normalized spacial score (nSPS) is 18.1. The van der Waals surface area contributed by atoms with Crippen molar-refractivity contribution < 1.29 is 19.0 Å². The van der Waals surface area contributed by atoms with Crippen LogP contribution in [0.1, 0.15) is 52.6 Å². The molecule has 2 fully saturated rings. The average molecular weight is 588 g/mol. The molecule has 0 spiro atoms. The summed E-state index contributed by atoms with van der Waals surface area (Å²) in [6.45, 7) is 4.34. The Morgan fingerprint density at radius 1 is 1.02 bits per heavy atom. The third-order valence-corrected chi connectivity index (χ3v) is 8.85. The first kappa shape index (κ1) is 27.1. The Morgan fingerprint density at radius 3 is 2.60 bits per heavy atom. The van der Waals surface area contributed by atoms with Crippen molar-refractivity contribution in [1.29, 1.82) is 0 Å². The summed E-state index contributed by atoms with van der Waals surface area (Å²) >= 11 is 5.93. The van der Waals surface area contributed by atoms with Crippen molar-refractivity contribution in [2.24, 2.45) is 0 Å². The van der Waals surface area contributed by atoms with Gasteiger partial charge in [0.2, 0.25) is 0 Å². The van der Waals surface area contributed by atoms with Gasteiger partial charge in [-0.3, -0.25) is 4.90 Å². The number of fused-ring (bicyclic) bond motifs is 2. The molecule has 0 radical (unpaired) electrons. The minimum atomic E-state index is -0.940. The number of nitrogens with zero attached hydrogens (tertiary/aromatic N) is 5. The SMILES string of the molecule is O=C(O)c1ccc2nc(CN3CCC(c4ccc5ccn(Cc6ccc(Cl)cc6F)c5n4)CC3)n(CC3CCO3)c2c1. The monoisotopic (exact) mass is 587 g/mol. The number of carbonyl (C=O) groups is 1. The van der Waals surface area contributed by atoms with Gasteiger partial charge in [0.15, 0.2) is 0 Å². The number of carboxylic acid groups (broad SMARTS) is 1. The molecule has 0 aliphatic carbocycles. The Labute approximate surface area is 247 Å². The number of aromatic nitrogens is 4. The summed E-state index contributed by atoms with van der Waals surface area (Å²) in [4.78, 5) is 24.0. The first-order chi connectivity index (χ1) is 20.4. The Hall–Kier alpha value is -3.79. The van der Waals surface area contributed by atoms with E-state index in [1.54, 1.807) is 30.3 Å². The first-order valence-corrected chi connectivity index (χ1v) is 14.8. The van der Waals surface area contributed by atoms with Crippen molar-refractivity contribution in [1.82, 2.24) is 24.0 Å². The van der Waals surface area contributed by atoms with Gasteiger partial charge >= 0.3 is 5.97 Å². The Morgan fingerprint density at radius 2 is 1.86 bits per heavy atom. The summed E-state index contributed by atoms with van der Waals surface area (Å²) in [6, 6.07) is 16.2. The lowest BCUT2D eigenvalue weighted by molar-refractivity contribution is -0.0592. The Kier molecular flexibility index (Phi) is 7.17. The van der Waals surface area contributed by atoms with E-state index in [4.69, 9.17) is 26.3 Å². The van der Waals surface area contributed by atoms with E-state index in [0.29, 0.717) is 36.1 Å². The first-order valence-electron chi connectivity index (χ1n) is 14.4. The largest absolute Gasteiger partial charge is 0.478 e. The standard InChI is InChI=1S/C32H31ClFN5O3/c33-24-4-1-23(26(34)16-24)17-38-13-9-21-2-5-27(36-31(21)38)20-7-11-37(12-8-20)19-30-35-28-6-3-22(32(40)41)15-29(28)39(30)18-25-10-14-42-25/h1-6,9,13,15-16,20,25H,7-8,10-12,14,17-19H2,(H,40,41). The molecule has 216 valence electrons. The van der Waals surface area contributed by atoms with E-state index in [9.17, 15) is 14.3 Å². The number of rotatable bonds is 8. The molecule has 7 rings (SSSR count). The smallest absolute Gasteiger partial charge is 0.335 e. The van der Waals surface area contributed by atoms with Crippen LogP contribution >= 0.6 is 11.6 Å². The summed E-state index contributed by atoms with van der Waals surface area (Å²) in [7, 11) is 0. The zero-order valence-corrected chi connectivity index (χ0v) is 23.8. The van der Waals surface area contributed by atoms with Crippen molar-refractivity contribution in [2.75, 3.05) is 19.7 Å². The molecular formula is C32H31ClFN5O3. The molecule has 2 aromatic carbocycles. The molecule has 2 aliphatic heterocycles. The van der Waals surface area contributed by atoms with E-state index >= 15 is 0 Å². The lowest BCUT2D eigenvalue weighted by Crippen LogP contribution is -2.35. The number of pyridine rings is 1. The van der Waals surface area contributed by atoms with E-state index in [-0.39, 0.29) is 17.5 Å². The van der Waals surface area contributed by atoms with E-state index in [0.717, 1.165) is 72.5 Å². The molecule has 1 unspecified atom stereocenters. The number of carboxylic acids is 1. The van der Waals surface area contributed by atoms with Gasteiger partial charge in [0.1, 0.15) is 17.3 Å². The van der Waals surface area contributed by atoms with Crippen LogP contribution in [0.5, 0.6) is 0 Å². The van der Waals surface area contributed by atoms with Crippen molar-refractivity contribution in [3.8, 4) is 0 Å². The van der Waals surface area contributed by atoms with E-state index in [2.05, 4.69) is 21.6 Å². The van der Waals surface area contributed by atoms with Gasteiger partial charge in [0, 0.05) is 40.4 Å². The van der Waals surface area contributed by atoms with Gasteiger partial charge in [0.25, 0.3) is 0 Å². The molecule has 0 saturated carbocycles. The third kappa shape index (κ3) is 5.28. The number of likely N-dealkylation sites (tertiary alicyclic amines) is 1. The molecular weight excluding hydrogens is 557 g/mol. The number of imidazole rings is 1. The minimum absolute atomic E-state index is 0.136. The molecule has 1 atom stereocenters. The topological polar surface area (TPSA) is 85.4 Å². The van der Waals surface area contributed by atoms with E-state index in [1.807, 2.05) is 16.8 Å². The van der Waals surface area contributed by atoms with Crippen LogP contribution in [-0.4, -0.2) is 60.9 Å². The van der Waals surface area contributed by atoms with Crippen LogP contribution in [0.3, 0.4) is 0 Å². The van der Waals surface area contributed by atoms with Crippen LogP contribution in [0.25, 0.3) is 22.1 Å². The molecule has 1 N–H and O–H groups in total. The molecule has 5 aromatic rings. The highest BCUT2D eigenvalue weighted by atomic mass is 35.5. The minimum Gasteiger partial charge on any atom is -0.478 e. The number of halogens is 2. The summed E-state index contributed by atoms with van der Waals surface area (Å²) < 4.78 is 24.3. The van der Waals surface area contributed by atoms with Gasteiger partial charge in [-0.1, -0.05) is 17.7 Å². The zero-order valence-electron chi connectivity index (χ0n) is 23.0. The number of aromatic carboxylic acids is 1. The van der Waals surface area contributed by atoms with Gasteiger partial charge in [-0.25, -0.2) is 19.2 Å². The van der Waals surface area contributed by atoms with Gasteiger partial charge in [-0.2, -0.15) is 0 Å². The fourth-order valence-electron chi connectivity index (χ4n) is 6.11. The highest BCUT2D eigenvalue weighted by Crippen LogP contribution is 2.30. The van der Waals surface area contributed by atoms with Crippen molar-refractivity contribution in [2.45, 2.75) is 50.9 Å². The van der Waals surface area contributed by atoms with Gasteiger partial charge in [0.05, 0.1) is 42.3 Å². The summed E-state index contributed by atoms with van der Waals surface area (Å²) in [5.41, 5.74) is 4.41. The highest BCUT2D eigenvalue weighted by molar-refractivity contribution is 6.30. The number of piperidine rings is 1. The predicted octanol–water partition coefficient (Wildman–Crippen LogP) is 6.09. The fourth-order valence-corrected chi connectivity index (χ4v) is 6.27. The maximum atomic E-state index is 14.5. The molecule has 8 nitrogen and oxygen atoms in total. The van der Waals surface area contributed by atoms with Crippen LogP contribution in [-0.2, 0) is 24.4 Å². The number of hydrogen-bond donors (Lipinski definition) is 1. The molecule has 10 heteroatoms. The van der Waals surface area contributed by atoms with Gasteiger partial charge < -0.3 is 19.0 Å². The van der Waals surface area contributed by atoms with E-state index in [1.165, 1.54) is 6.07 Å². The second kappa shape index (κ2) is 11.1. The molecule has 0 amide bonds. The molecule has 3 aromatic heterocycles. The van der Waals surface area contributed by atoms with Crippen LogP contribution in [0, 0.1) is 5.82 Å². The quantitative estimate of drug-likeness (QED) is 0.236. The Balaban J connectivity index is 1.07. The van der Waals surface area contributed by atoms with Crippen LogP contribution < -0.4 is 0 Å². The lowest BCUT2D eigenvalue weighted by Gasteiger charge is -2.32. The molecule has 2 saturated heterocycles. The second-order valence-corrected chi connectivity index (χ2v) is 11.7. The van der Waals surface area contributed by atoms with Crippen molar-refractivity contribution in [3.63, 3.8) is 0 Å². The third-order valence-electron chi connectivity index (χ3n) is 8.61. The summed E-state index contributed by atoms with van der Waals surface area (Å²) in [5, 5.41) is 10.9. The summed E-state index contributed by atoms with van der Waals surface area (Å²) in [5.74, 6) is 0.0169. The Bertz CT molecular complexity index is 1790. The average Bonchev–Trinajstić information content (AvgIpc) is 3.52. The zero-order chi connectivity index (χ0) is 28.8. The van der Waals surface area contributed by atoms with Crippen LogP contribution in [0.15, 0.2) is 60.8 Å². The predicted molar refractivity (Wildman–Crippen MR) is 159 cm³/mol. The van der Waals surface area contributed by atoms with Gasteiger partial charge in [-0.15, -0.1) is 0 Å². The molecule has 2 aliphatic rings. The van der Waals surface area contributed by atoms with Crippen LogP contribution in [0.2, 0.25) is 5.02 Å². The molecule has 5 heterocycles. The molecule has 42 heavy (non-hydrogen) atoms. The fraction of sp³-hybridized carbons (Fsp3) is 0.344. The van der Waals surface area contributed by atoms with Crippen molar-refractivity contribution >= 4 is 39.6 Å².